The Morgan fingerprint density at radius 1 is 1.00 bits per heavy atom. The second-order valence-electron chi connectivity index (χ2n) is 6.33. The van der Waals surface area contributed by atoms with E-state index in [4.69, 9.17) is 0 Å². The molecule has 2 aromatic carbocycles. The number of ketones is 2. The standard InChI is InChI=1S/C19H16O3/c1-10-5-7-12-11(9-10)6-8-14-16(12)18(21)13-3-2-4-15(20)17(13)19(14)22/h2-4,6,8,10,20H,5,7,9H2,1H3/t10-/m0/s1. The lowest BCUT2D eigenvalue weighted by molar-refractivity contribution is 0.0975. The first-order valence-electron chi connectivity index (χ1n) is 7.64. The molecule has 0 bridgehead atoms. The number of rotatable bonds is 0. The largest absolute Gasteiger partial charge is 0.507 e. The number of carbonyl (C=O) groups is 2. The number of benzene rings is 2. The Kier molecular flexibility index (Phi) is 2.73. The fourth-order valence-electron chi connectivity index (χ4n) is 3.72. The van der Waals surface area contributed by atoms with Gasteiger partial charge in [0.15, 0.2) is 11.6 Å². The highest BCUT2D eigenvalue weighted by Gasteiger charge is 2.35. The molecule has 2 aliphatic carbocycles. The first-order chi connectivity index (χ1) is 10.6. The average molecular weight is 292 g/mol. The smallest absolute Gasteiger partial charge is 0.198 e. The van der Waals surface area contributed by atoms with Crippen LogP contribution < -0.4 is 0 Å². The molecule has 3 heteroatoms. The highest BCUT2D eigenvalue weighted by atomic mass is 16.3. The third-order valence-electron chi connectivity index (χ3n) is 4.85. The van der Waals surface area contributed by atoms with Gasteiger partial charge < -0.3 is 5.11 Å². The van der Waals surface area contributed by atoms with E-state index in [1.54, 1.807) is 18.2 Å². The molecule has 0 heterocycles. The summed E-state index contributed by atoms with van der Waals surface area (Å²) in [5.74, 6) is 0.111. The van der Waals surface area contributed by atoms with Crippen molar-refractivity contribution in [2.45, 2.75) is 26.2 Å². The van der Waals surface area contributed by atoms with Crippen LogP contribution in [-0.4, -0.2) is 16.7 Å². The maximum atomic E-state index is 12.9. The molecule has 22 heavy (non-hydrogen) atoms. The van der Waals surface area contributed by atoms with Gasteiger partial charge in [0, 0.05) is 16.7 Å². The Hall–Kier alpha value is -2.42. The number of hydrogen-bond donors (Lipinski definition) is 1. The predicted octanol–water partition coefficient (Wildman–Crippen LogP) is 3.29. The van der Waals surface area contributed by atoms with Gasteiger partial charge in [0.1, 0.15) is 5.75 Å². The zero-order valence-electron chi connectivity index (χ0n) is 12.3. The lowest BCUT2D eigenvalue weighted by atomic mass is 9.75. The molecule has 0 amide bonds. The quantitative estimate of drug-likeness (QED) is 0.691. The third-order valence-corrected chi connectivity index (χ3v) is 4.85. The van der Waals surface area contributed by atoms with Crippen molar-refractivity contribution >= 4 is 11.6 Å². The van der Waals surface area contributed by atoms with Crippen LogP contribution in [0.3, 0.4) is 0 Å². The van der Waals surface area contributed by atoms with Crippen molar-refractivity contribution in [1.29, 1.82) is 0 Å². The summed E-state index contributed by atoms with van der Waals surface area (Å²) in [7, 11) is 0. The first-order valence-corrected chi connectivity index (χ1v) is 7.64. The van der Waals surface area contributed by atoms with Crippen molar-refractivity contribution in [2.24, 2.45) is 5.92 Å². The summed E-state index contributed by atoms with van der Waals surface area (Å²) in [6, 6.07) is 8.42. The van der Waals surface area contributed by atoms with E-state index in [2.05, 4.69) is 6.92 Å². The summed E-state index contributed by atoms with van der Waals surface area (Å²) in [4.78, 5) is 25.6. The normalized spacial score (nSPS) is 19.4. The van der Waals surface area contributed by atoms with Gasteiger partial charge in [0.25, 0.3) is 0 Å². The van der Waals surface area contributed by atoms with Gasteiger partial charge in [-0.25, -0.2) is 0 Å². The summed E-state index contributed by atoms with van der Waals surface area (Å²) < 4.78 is 0. The highest BCUT2D eigenvalue weighted by Crippen LogP contribution is 2.37. The van der Waals surface area contributed by atoms with Crippen molar-refractivity contribution in [2.75, 3.05) is 0 Å². The van der Waals surface area contributed by atoms with Crippen LogP contribution >= 0.6 is 0 Å². The van der Waals surface area contributed by atoms with Crippen LogP contribution in [-0.2, 0) is 12.8 Å². The van der Waals surface area contributed by atoms with E-state index in [0.29, 0.717) is 22.6 Å². The number of phenols is 1. The van der Waals surface area contributed by atoms with Gasteiger partial charge in [0.2, 0.25) is 0 Å². The molecule has 110 valence electrons. The molecule has 0 aliphatic heterocycles. The van der Waals surface area contributed by atoms with Crippen LogP contribution in [0.15, 0.2) is 30.3 Å². The number of hydrogen-bond acceptors (Lipinski definition) is 3. The molecule has 0 aromatic heterocycles. The number of phenolic OH excluding ortho intramolecular Hbond substituents is 1. The molecule has 0 fully saturated rings. The van der Waals surface area contributed by atoms with E-state index in [0.717, 1.165) is 24.8 Å². The zero-order chi connectivity index (χ0) is 15.4. The molecule has 4 rings (SSSR count). The molecule has 1 N–H and O–H groups in total. The molecule has 3 nitrogen and oxygen atoms in total. The minimum Gasteiger partial charge on any atom is -0.507 e. The van der Waals surface area contributed by atoms with E-state index < -0.39 is 0 Å². The highest BCUT2D eigenvalue weighted by molar-refractivity contribution is 6.29. The maximum absolute atomic E-state index is 12.9. The molecule has 1 atom stereocenters. The third kappa shape index (κ3) is 1.68. The van der Waals surface area contributed by atoms with Gasteiger partial charge in [-0.2, -0.15) is 0 Å². The van der Waals surface area contributed by atoms with Crippen molar-refractivity contribution in [1.82, 2.24) is 0 Å². The lowest BCUT2D eigenvalue weighted by Crippen LogP contribution is -2.25. The van der Waals surface area contributed by atoms with E-state index in [-0.39, 0.29) is 22.9 Å². The molecule has 0 saturated carbocycles. The molecule has 2 aromatic rings. The SMILES string of the molecule is C[C@H]1CCc2c(ccc3c2C(=O)c2cccc(O)c2C3=O)C1. The van der Waals surface area contributed by atoms with Gasteiger partial charge in [-0.1, -0.05) is 25.1 Å². The number of carbonyl (C=O) groups excluding carboxylic acids is 2. The summed E-state index contributed by atoms with van der Waals surface area (Å²) >= 11 is 0. The predicted molar refractivity (Wildman–Crippen MR) is 82.6 cm³/mol. The Bertz CT molecular complexity index is 833. The molecule has 0 radical (unpaired) electrons. The average Bonchev–Trinajstić information content (AvgIpc) is 2.51. The Labute approximate surface area is 128 Å². The van der Waals surface area contributed by atoms with Crippen LogP contribution in [0.1, 0.15) is 56.3 Å². The molecule has 2 aliphatic rings. The molecular weight excluding hydrogens is 276 g/mol. The summed E-state index contributed by atoms with van der Waals surface area (Å²) in [6.45, 7) is 2.21. The Balaban J connectivity index is 1.99. The van der Waals surface area contributed by atoms with Crippen molar-refractivity contribution in [3.8, 4) is 5.75 Å². The Morgan fingerprint density at radius 2 is 1.73 bits per heavy atom. The zero-order valence-corrected chi connectivity index (χ0v) is 12.3. The van der Waals surface area contributed by atoms with Crippen LogP contribution in [0.5, 0.6) is 5.75 Å². The van der Waals surface area contributed by atoms with E-state index in [1.165, 1.54) is 11.6 Å². The molecular formula is C19H16O3. The molecule has 0 spiro atoms. The lowest BCUT2D eigenvalue weighted by Gasteiger charge is -2.27. The maximum Gasteiger partial charge on any atom is 0.198 e. The van der Waals surface area contributed by atoms with Gasteiger partial charge in [-0.05, 0) is 48.4 Å². The van der Waals surface area contributed by atoms with Crippen molar-refractivity contribution < 1.29 is 14.7 Å². The van der Waals surface area contributed by atoms with E-state index in [1.807, 2.05) is 6.07 Å². The van der Waals surface area contributed by atoms with Gasteiger partial charge in [-0.15, -0.1) is 0 Å². The van der Waals surface area contributed by atoms with Crippen molar-refractivity contribution in [3.63, 3.8) is 0 Å². The minimum absolute atomic E-state index is 0.118. The second-order valence-corrected chi connectivity index (χ2v) is 6.33. The molecule has 0 saturated heterocycles. The van der Waals surface area contributed by atoms with E-state index in [9.17, 15) is 14.7 Å². The van der Waals surface area contributed by atoms with Crippen LogP contribution in [0.2, 0.25) is 0 Å². The fourth-order valence-corrected chi connectivity index (χ4v) is 3.72. The summed E-state index contributed by atoms with van der Waals surface area (Å²) in [5.41, 5.74) is 3.68. The van der Waals surface area contributed by atoms with Crippen LogP contribution in [0.25, 0.3) is 0 Å². The summed E-state index contributed by atoms with van der Waals surface area (Å²) in [6.07, 6.45) is 2.83. The van der Waals surface area contributed by atoms with Gasteiger partial charge in [-0.3, -0.25) is 9.59 Å². The van der Waals surface area contributed by atoms with E-state index >= 15 is 0 Å². The Morgan fingerprint density at radius 3 is 2.55 bits per heavy atom. The fraction of sp³-hybridized carbons (Fsp3) is 0.263. The number of aromatic hydroxyl groups is 1. The monoisotopic (exact) mass is 292 g/mol. The number of fused-ring (bicyclic) bond motifs is 4. The van der Waals surface area contributed by atoms with Gasteiger partial charge in [0.05, 0.1) is 5.56 Å². The first kappa shape index (κ1) is 13.3. The second kappa shape index (κ2) is 4.54. The van der Waals surface area contributed by atoms with Gasteiger partial charge >= 0.3 is 0 Å². The van der Waals surface area contributed by atoms with Crippen LogP contribution in [0, 0.1) is 5.92 Å². The minimum atomic E-state index is -0.246. The topological polar surface area (TPSA) is 54.4 Å². The summed E-state index contributed by atoms with van der Waals surface area (Å²) in [5, 5.41) is 9.97. The molecule has 0 unspecified atom stereocenters. The van der Waals surface area contributed by atoms with Crippen molar-refractivity contribution in [3.05, 3.63) is 63.7 Å². The van der Waals surface area contributed by atoms with Crippen LogP contribution in [0.4, 0.5) is 0 Å².